The van der Waals surface area contributed by atoms with Gasteiger partial charge < -0.3 is 10.4 Å². The van der Waals surface area contributed by atoms with Gasteiger partial charge in [-0.1, -0.05) is 18.0 Å². The number of nitrogens with one attached hydrogen (secondary N) is 1. The maximum Gasteiger partial charge on any atom is 0.0848 e. The lowest BCUT2D eigenvalue weighted by atomic mass is 9.88. The van der Waals surface area contributed by atoms with Crippen molar-refractivity contribution in [2.24, 2.45) is 7.05 Å². The van der Waals surface area contributed by atoms with Crippen LogP contribution in [0.4, 0.5) is 0 Å². The number of aliphatic hydroxyl groups is 1. The maximum atomic E-state index is 10.6. The Labute approximate surface area is 120 Å². The summed E-state index contributed by atoms with van der Waals surface area (Å²) < 4.78 is 1.78. The minimum atomic E-state index is -0.751. The lowest BCUT2D eigenvalue weighted by Gasteiger charge is -2.31. The molecule has 1 aromatic rings. The van der Waals surface area contributed by atoms with Crippen molar-refractivity contribution in [1.82, 2.24) is 15.1 Å². The van der Waals surface area contributed by atoms with E-state index in [9.17, 15) is 5.11 Å². The van der Waals surface area contributed by atoms with E-state index in [1.807, 2.05) is 20.9 Å². The van der Waals surface area contributed by atoms with Gasteiger partial charge in [0.05, 0.1) is 22.0 Å². The van der Waals surface area contributed by atoms with Crippen LogP contribution in [0.3, 0.4) is 0 Å². The van der Waals surface area contributed by atoms with Crippen LogP contribution in [0.1, 0.15) is 44.0 Å². The molecule has 0 bridgehead atoms. The minimum Gasteiger partial charge on any atom is -0.390 e. The molecule has 108 valence electrons. The van der Waals surface area contributed by atoms with Crippen molar-refractivity contribution in [3.63, 3.8) is 0 Å². The number of aryl methyl sites for hydroxylation is 2. The third-order valence-electron chi connectivity index (χ3n) is 3.91. The molecule has 2 unspecified atom stereocenters. The standard InChI is InChI=1S/C14H24ClN3O/c1-10-13(15)12(18(3)17-10)9-14(2,19)8-11-6-4-5-7-16-11/h11,16,19H,4-9H2,1-3H3. The molecule has 2 N–H and O–H groups in total. The van der Waals surface area contributed by atoms with Crippen molar-refractivity contribution < 1.29 is 5.11 Å². The smallest absolute Gasteiger partial charge is 0.0848 e. The van der Waals surface area contributed by atoms with E-state index in [2.05, 4.69) is 10.4 Å². The highest BCUT2D eigenvalue weighted by Gasteiger charge is 2.29. The van der Waals surface area contributed by atoms with Gasteiger partial charge in [0.25, 0.3) is 0 Å². The highest BCUT2D eigenvalue weighted by atomic mass is 35.5. The Hall–Kier alpha value is -0.580. The van der Waals surface area contributed by atoms with E-state index in [1.54, 1.807) is 4.68 Å². The number of aromatic nitrogens is 2. The molecule has 0 saturated carbocycles. The van der Waals surface area contributed by atoms with Crippen LogP contribution in [-0.4, -0.2) is 33.1 Å². The summed E-state index contributed by atoms with van der Waals surface area (Å²) in [6.45, 7) is 4.84. The number of nitrogens with zero attached hydrogens (tertiary/aromatic N) is 2. The molecule has 0 aliphatic carbocycles. The molecular weight excluding hydrogens is 262 g/mol. The fourth-order valence-corrected chi connectivity index (χ4v) is 3.16. The predicted molar refractivity (Wildman–Crippen MR) is 77.5 cm³/mol. The monoisotopic (exact) mass is 285 g/mol. The Morgan fingerprint density at radius 1 is 1.53 bits per heavy atom. The first kappa shape index (κ1) is 14.8. The highest BCUT2D eigenvalue weighted by Crippen LogP contribution is 2.27. The summed E-state index contributed by atoms with van der Waals surface area (Å²) in [5.41, 5.74) is 0.990. The normalized spacial score (nSPS) is 23.3. The predicted octanol–water partition coefficient (Wildman–Crippen LogP) is 2.21. The van der Waals surface area contributed by atoms with Crippen LogP contribution in [-0.2, 0) is 13.5 Å². The van der Waals surface area contributed by atoms with Gasteiger partial charge in [0.1, 0.15) is 0 Å². The van der Waals surface area contributed by atoms with Gasteiger partial charge in [0, 0.05) is 19.5 Å². The van der Waals surface area contributed by atoms with Crippen molar-refractivity contribution in [2.75, 3.05) is 6.54 Å². The first-order chi connectivity index (χ1) is 8.89. The number of rotatable bonds is 4. The fourth-order valence-electron chi connectivity index (χ4n) is 2.93. The zero-order valence-electron chi connectivity index (χ0n) is 12.0. The second-order valence-electron chi connectivity index (χ2n) is 5.99. The molecule has 2 rings (SSSR count). The van der Waals surface area contributed by atoms with Crippen molar-refractivity contribution >= 4 is 11.6 Å². The van der Waals surface area contributed by atoms with E-state index in [0.717, 1.165) is 30.8 Å². The van der Waals surface area contributed by atoms with Crippen LogP contribution in [0.15, 0.2) is 0 Å². The van der Waals surface area contributed by atoms with Gasteiger partial charge in [-0.15, -0.1) is 0 Å². The summed E-state index contributed by atoms with van der Waals surface area (Å²) in [4.78, 5) is 0. The van der Waals surface area contributed by atoms with Gasteiger partial charge >= 0.3 is 0 Å². The molecule has 19 heavy (non-hydrogen) atoms. The molecule has 0 amide bonds. The molecule has 4 nitrogen and oxygen atoms in total. The summed E-state index contributed by atoms with van der Waals surface area (Å²) in [5, 5.41) is 19.1. The van der Waals surface area contributed by atoms with Gasteiger partial charge in [-0.25, -0.2) is 0 Å². The Morgan fingerprint density at radius 2 is 2.26 bits per heavy atom. The van der Waals surface area contributed by atoms with Gasteiger partial charge in [-0.05, 0) is 39.7 Å². The molecule has 1 aromatic heterocycles. The molecule has 5 heteroatoms. The third-order valence-corrected chi connectivity index (χ3v) is 4.40. The SMILES string of the molecule is Cc1nn(C)c(CC(C)(O)CC2CCCCN2)c1Cl. The minimum absolute atomic E-state index is 0.414. The Bertz CT molecular complexity index is 436. The topological polar surface area (TPSA) is 50.1 Å². The van der Waals surface area contributed by atoms with Crippen molar-refractivity contribution in [3.05, 3.63) is 16.4 Å². The van der Waals surface area contributed by atoms with E-state index in [4.69, 9.17) is 11.6 Å². The molecule has 1 aliphatic heterocycles. The Morgan fingerprint density at radius 3 is 2.79 bits per heavy atom. The molecule has 1 fully saturated rings. The molecule has 0 radical (unpaired) electrons. The molecule has 1 saturated heterocycles. The summed E-state index contributed by atoms with van der Waals surface area (Å²) in [6.07, 6.45) is 4.94. The first-order valence-corrected chi connectivity index (χ1v) is 7.40. The van der Waals surface area contributed by atoms with Gasteiger partial charge in [-0.3, -0.25) is 4.68 Å². The van der Waals surface area contributed by atoms with E-state index >= 15 is 0 Å². The summed E-state index contributed by atoms with van der Waals surface area (Å²) in [5.74, 6) is 0. The van der Waals surface area contributed by atoms with Crippen LogP contribution in [0.25, 0.3) is 0 Å². The molecule has 1 aliphatic rings. The average Bonchev–Trinajstić information content (AvgIpc) is 2.56. The maximum absolute atomic E-state index is 10.6. The Balaban J connectivity index is 2.03. The quantitative estimate of drug-likeness (QED) is 0.892. The number of hydrogen-bond donors (Lipinski definition) is 2. The molecule has 2 heterocycles. The van der Waals surface area contributed by atoms with Crippen molar-refractivity contribution in [2.45, 2.75) is 57.6 Å². The van der Waals surface area contributed by atoms with Crippen LogP contribution in [0.5, 0.6) is 0 Å². The molecule has 0 spiro atoms. The largest absolute Gasteiger partial charge is 0.390 e. The average molecular weight is 286 g/mol. The van der Waals surface area contributed by atoms with E-state index in [0.29, 0.717) is 17.5 Å². The first-order valence-electron chi connectivity index (χ1n) is 7.03. The van der Waals surface area contributed by atoms with Gasteiger partial charge in [-0.2, -0.15) is 5.10 Å². The lowest BCUT2D eigenvalue weighted by Crippen LogP contribution is -2.42. The van der Waals surface area contributed by atoms with Gasteiger partial charge in [0.2, 0.25) is 0 Å². The molecule has 0 aromatic carbocycles. The zero-order chi connectivity index (χ0) is 14.0. The highest BCUT2D eigenvalue weighted by molar-refractivity contribution is 6.31. The van der Waals surface area contributed by atoms with Crippen LogP contribution < -0.4 is 5.32 Å². The summed E-state index contributed by atoms with van der Waals surface area (Å²) in [7, 11) is 1.88. The lowest BCUT2D eigenvalue weighted by molar-refractivity contribution is 0.0354. The van der Waals surface area contributed by atoms with E-state index in [1.165, 1.54) is 12.8 Å². The second-order valence-corrected chi connectivity index (χ2v) is 6.37. The van der Waals surface area contributed by atoms with E-state index < -0.39 is 5.60 Å². The molecular formula is C14H24ClN3O. The number of halogens is 1. The second kappa shape index (κ2) is 5.81. The van der Waals surface area contributed by atoms with E-state index in [-0.39, 0.29) is 0 Å². The van der Waals surface area contributed by atoms with Crippen LogP contribution >= 0.6 is 11.6 Å². The Kier molecular flexibility index (Phi) is 4.54. The van der Waals surface area contributed by atoms with Crippen molar-refractivity contribution in [1.29, 1.82) is 0 Å². The summed E-state index contributed by atoms with van der Waals surface area (Å²) >= 11 is 6.25. The molecule has 2 atom stereocenters. The van der Waals surface area contributed by atoms with Crippen molar-refractivity contribution in [3.8, 4) is 0 Å². The van der Waals surface area contributed by atoms with Crippen LogP contribution in [0.2, 0.25) is 5.02 Å². The fraction of sp³-hybridized carbons (Fsp3) is 0.786. The van der Waals surface area contributed by atoms with Gasteiger partial charge in [0.15, 0.2) is 0 Å². The van der Waals surface area contributed by atoms with Crippen LogP contribution in [0, 0.1) is 6.92 Å². The number of piperidine rings is 1. The summed E-state index contributed by atoms with van der Waals surface area (Å²) in [6, 6.07) is 0.414. The third kappa shape index (κ3) is 3.71. The number of hydrogen-bond acceptors (Lipinski definition) is 3. The zero-order valence-corrected chi connectivity index (χ0v) is 12.8.